The van der Waals surface area contributed by atoms with Gasteiger partial charge in [0.15, 0.2) is 0 Å². The topological polar surface area (TPSA) is 58.6 Å². The summed E-state index contributed by atoms with van der Waals surface area (Å²) in [5.74, 6) is 0.547. The van der Waals surface area contributed by atoms with E-state index in [-0.39, 0.29) is 11.9 Å². The van der Waals surface area contributed by atoms with E-state index in [0.29, 0.717) is 13.0 Å². The molecule has 2 aromatic carbocycles. The van der Waals surface area contributed by atoms with Crippen LogP contribution in [0.4, 0.5) is 10.5 Å². The molecule has 0 aromatic heterocycles. The van der Waals surface area contributed by atoms with E-state index in [4.69, 9.17) is 4.74 Å². The van der Waals surface area contributed by atoms with Gasteiger partial charge in [0, 0.05) is 24.2 Å². The Morgan fingerprint density at radius 1 is 1.13 bits per heavy atom. The summed E-state index contributed by atoms with van der Waals surface area (Å²) in [5, 5.41) is 2.36. The van der Waals surface area contributed by atoms with Crippen molar-refractivity contribution in [2.75, 3.05) is 18.6 Å². The summed E-state index contributed by atoms with van der Waals surface area (Å²) in [7, 11) is 1.64. The number of carbonyl (C=O) groups is 2. The molecule has 2 aromatic rings. The van der Waals surface area contributed by atoms with Crippen molar-refractivity contribution in [3.8, 4) is 16.9 Å². The van der Waals surface area contributed by atoms with Gasteiger partial charge in [0.25, 0.3) is 0 Å². The molecule has 1 N–H and O–H groups in total. The minimum atomic E-state index is -0.374. The molecule has 0 bridgehead atoms. The number of urea groups is 1. The second-order valence-corrected chi connectivity index (χ2v) is 5.46. The second kappa shape index (κ2) is 6.12. The summed E-state index contributed by atoms with van der Waals surface area (Å²) in [5.41, 5.74) is 3.71. The second-order valence-electron chi connectivity index (χ2n) is 5.46. The molecular weight excluding hydrogens is 292 g/mol. The standard InChI is InChI=1S/C18H18N2O3/c1-12-7-8-13(14-5-3-4-6-16(14)23-2)11-15(12)20-10-9-17(21)19-18(20)22/h3-8,11H,9-10H2,1-2H3,(H,19,21,22). The van der Waals surface area contributed by atoms with Gasteiger partial charge in [-0.1, -0.05) is 30.3 Å². The number of rotatable bonds is 3. The third-order valence-electron chi connectivity index (χ3n) is 3.97. The molecule has 5 nitrogen and oxygen atoms in total. The molecule has 23 heavy (non-hydrogen) atoms. The maximum atomic E-state index is 12.1. The van der Waals surface area contributed by atoms with Gasteiger partial charge in [0.1, 0.15) is 5.75 Å². The highest BCUT2D eigenvalue weighted by atomic mass is 16.5. The van der Waals surface area contributed by atoms with Crippen molar-refractivity contribution in [2.24, 2.45) is 0 Å². The fourth-order valence-corrected chi connectivity index (χ4v) is 2.74. The number of benzene rings is 2. The van der Waals surface area contributed by atoms with Crippen LogP contribution in [0.25, 0.3) is 11.1 Å². The van der Waals surface area contributed by atoms with Gasteiger partial charge in [0.2, 0.25) is 5.91 Å². The number of aryl methyl sites for hydroxylation is 1. The van der Waals surface area contributed by atoms with Crippen LogP contribution in [0.15, 0.2) is 42.5 Å². The van der Waals surface area contributed by atoms with E-state index in [1.807, 2.05) is 49.4 Å². The van der Waals surface area contributed by atoms with Gasteiger partial charge in [-0.2, -0.15) is 0 Å². The molecule has 118 valence electrons. The lowest BCUT2D eigenvalue weighted by atomic mass is 10.0. The van der Waals surface area contributed by atoms with Crippen LogP contribution in [0.5, 0.6) is 5.75 Å². The maximum absolute atomic E-state index is 12.1. The van der Waals surface area contributed by atoms with Gasteiger partial charge in [0.05, 0.1) is 7.11 Å². The van der Waals surface area contributed by atoms with Gasteiger partial charge >= 0.3 is 6.03 Å². The molecule has 3 rings (SSSR count). The summed E-state index contributed by atoms with van der Waals surface area (Å²) >= 11 is 0. The van der Waals surface area contributed by atoms with Crippen LogP contribution in [0.1, 0.15) is 12.0 Å². The summed E-state index contributed by atoms with van der Waals surface area (Å²) in [4.78, 5) is 25.0. The van der Waals surface area contributed by atoms with Gasteiger partial charge in [-0.25, -0.2) is 4.79 Å². The van der Waals surface area contributed by atoms with Crippen molar-refractivity contribution < 1.29 is 14.3 Å². The lowest BCUT2D eigenvalue weighted by Gasteiger charge is -2.28. The van der Waals surface area contributed by atoms with Crippen LogP contribution >= 0.6 is 0 Å². The van der Waals surface area contributed by atoms with E-state index >= 15 is 0 Å². The first kappa shape index (κ1) is 15.1. The number of hydrogen-bond acceptors (Lipinski definition) is 3. The number of hydrogen-bond donors (Lipinski definition) is 1. The number of amides is 3. The molecule has 0 aliphatic carbocycles. The first-order valence-corrected chi connectivity index (χ1v) is 7.45. The number of para-hydroxylation sites is 1. The average molecular weight is 310 g/mol. The fraction of sp³-hybridized carbons (Fsp3) is 0.222. The lowest BCUT2D eigenvalue weighted by Crippen LogP contribution is -2.49. The van der Waals surface area contributed by atoms with E-state index in [1.54, 1.807) is 12.0 Å². The molecule has 0 unspecified atom stereocenters. The number of imide groups is 1. The summed E-state index contributed by atoms with van der Waals surface area (Å²) < 4.78 is 5.41. The zero-order valence-corrected chi connectivity index (χ0v) is 13.1. The van der Waals surface area contributed by atoms with Gasteiger partial charge in [-0.3, -0.25) is 15.0 Å². The molecule has 0 radical (unpaired) electrons. The third kappa shape index (κ3) is 2.90. The van der Waals surface area contributed by atoms with Gasteiger partial charge < -0.3 is 4.74 Å². The van der Waals surface area contributed by atoms with Crippen LogP contribution in [-0.4, -0.2) is 25.6 Å². The molecule has 1 heterocycles. The highest BCUT2D eigenvalue weighted by Gasteiger charge is 2.25. The zero-order chi connectivity index (χ0) is 16.4. The van der Waals surface area contributed by atoms with Crippen molar-refractivity contribution >= 4 is 17.6 Å². The normalized spacial score (nSPS) is 14.6. The molecule has 3 amide bonds. The maximum Gasteiger partial charge on any atom is 0.328 e. The SMILES string of the molecule is COc1ccccc1-c1ccc(C)c(N2CCC(=O)NC2=O)c1. The monoisotopic (exact) mass is 310 g/mol. The lowest BCUT2D eigenvalue weighted by molar-refractivity contribution is -0.120. The molecule has 0 saturated carbocycles. The van der Waals surface area contributed by atoms with E-state index in [9.17, 15) is 9.59 Å². The van der Waals surface area contributed by atoms with Crippen LogP contribution < -0.4 is 15.0 Å². The van der Waals surface area contributed by atoms with Crippen molar-refractivity contribution in [1.29, 1.82) is 0 Å². The minimum Gasteiger partial charge on any atom is -0.496 e. The highest BCUT2D eigenvalue weighted by molar-refractivity contribution is 6.06. The Balaban J connectivity index is 2.03. The number of nitrogens with zero attached hydrogens (tertiary/aromatic N) is 1. The minimum absolute atomic E-state index is 0.232. The summed E-state index contributed by atoms with van der Waals surface area (Å²) in [6.45, 7) is 2.34. The van der Waals surface area contributed by atoms with Crippen molar-refractivity contribution in [3.05, 3.63) is 48.0 Å². The number of anilines is 1. The first-order valence-electron chi connectivity index (χ1n) is 7.45. The predicted octanol–water partition coefficient (Wildman–Crippen LogP) is 3.12. The average Bonchev–Trinajstić information content (AvgIpc) is 2.56. The van der Waals surface area contributed by atoms with E-state index < -0.39 is 0 Å². The Morgan fingerprint density at radius 2 is 1.91 bits per heavy atom. The fourth-order valence-electron chi connectivity index (χ4n) is 2.74. The predicted molar refractivity (Wildman–Crippen MR) is 88.7 cm³/mol. The Hall–Kier alpha value is -2.82. The van der Waals surface area contributed by atoms with Crippen LogP contribution in [0.2, 0.25) is 0 Å². The molecule has 0 spiro atoms. The van der Waals surface area contributed by atoms with E-state index in [0.717, 1.165) is 28.1 Å². The zero-order valence-electron chi connectivity index (χ0n) is 13.1. The van der Waals surface area contributed by atoms with Crippen LogP contribution in [0, 0.1) is 6.92 Å². The number of nitrogens with one attached hydrogen (secondary N) is 1. The van der Waals surface area contributed by atoms with E-state index in [2.05, 4.69) is 5.32 Å². The summed E-state index contributed by atoms with van der Waals surface area (Å²) in [6.07, 6.45) is 0.310. The Bertz CT molecular complexity index is 771. The Kier molecular flexibility index (Phi) is 4.02. The largest absolute Gasteiger partial charge is 0.496 e. The Labute approximate surface area is 134 Å². The quantitative estimate of drug-likeness (QED) is 0.947. The molecule has 1 fully saturated rings. The number of ether oxygens (including phenoxy) is 1. The summed E-state index contributed by atoms with van der Waals surface area (Å²) in [6, 6.07) is 13.3. The van der Waals surface area contributed by atoms with Crippen molar-refractivity contribution in [3.63, 3.8) is 0 Å². The first-order chi connectivity index (χ1) is 11.1. The van der Waals surface area contributed by atoms with Crippen molar-refractivity contribution in [2.45, 2.75) is 13.3 Å². The molecule has 5 heteroatoms. The van der Waals surface area contributed by atoms with Crippen molar-refractivity contribution in [1.82, 2.24) is 5.32 Å². The molecule has 1 aliphatic rings. The number of carbonyl (C=O) groups excluding carboxylic acids is 2. The third-order valence-corrected chi connectivity index (χ3v) is 3.97. The smallest absolute Gasteiger partial charge is 0.328 e. The Morgan fingerprint density at radius 3 is 2.65 bits per heavy atom. The highest BCUT2D eigenvalue weighted by Crippen LogP contribution is 2.33. The molecule has 1 saturated heterocycles. The molecule has 1 aliphatic heterocycles. The number of methoxy groups -OCH3 is 1. The van der Waals surface area contributed by atoms with Gasteiger partial charge in [-0.05, 0) is 30.2 Å². The van der Waals surface area contributed by atoms with Crippen LogP contribution in [0.3, 0.4) is 0 Å². The van der Waals surface area contributed by atoms with E-state index in [1.165, 1.54) is 0 Å². The van der Waals surface area contributed by atoms with Gasteiger partial charge in [-0.15, -0.1) is 0 Å². The van der Waals surface area contributed by atoms with Crippen LogP contribution in [-0.2, 0) is 4.79 Å². The molecule has 0 atom stereocenters. The molecular formula is C18H18N2O3.